The van der Waals surface area contributed by atoms with E-state index in [0.29, 0.717) is 18.1 Å². The maximum absolute atomic E-state index is 11.3. The van der Waals surface area contributed by atoms with E-state index in [-0.39, 0.29) is 5.41 Å². The van der Waals surface area contributed by atoms with Crippen molar-refractivity contribution >= 4 is 5.78 Å². The van der Waals surface area contributed by atoms with E-state index in [1.807, 2.05) is 32.2 Å². The molecule has 0 amide bonds. The number of hydrogen-bond donors (Lipinski definition) is 0. The highest BCUT2D eigenvalue weighted by molar-refractivity contribution is 5.92. The van der Waals surface area contributed by atoms with Crippen LogP contribution in [0.15, 0.2) is 24.5 Å². The minimum Gasteiger partial charge on any atom is -0.299 e. The van der Waals surface area contributed by atoms with Crippen molar-refractivity contribution in [2.45, 2.75) is 26.2 Å². The first-order chi connectivity index (χ1) is 6.12. The molecule has 0 radical (unpaired) electrons. The molecular weight excluding hydrogens is 162 g/mol. The van der Waals surface area contributed by atoms with Crippen LogP contribution in [0.1, 0.15) is 31.7 Å². The summed E-state index contributed by atoms with van der Waals surface area (Å²) in [5.74, 6) is 0.732. The fourth-order valence-electron chi connectivity index (χ4n) is 1.88. The Balaban J connectivity index is 2.27. The summed E-state index contributed by atoms with van der Waals surface area (Å²) in [5.41, 5.74) is 1.01. The summed E-state index contributed by atoms with van der Waals surface area (Å²) < 4.78 is 0. The highest BCUT2D eigenvalue weighted by Gasteiger charge is 2.47. The lowest BCUT2D eigenvalue weighted by atomic mass is 9.59. The number of carbonyl (C=O) groups is 1. The predicted molar refractivity (Wildman–Crippen MR) is 50.4 cm³/mol. The Morgan fingerprint density at radius 1 is 1.54 bits per heavy atom. The van der Waals surface area contributed by atoms with Gasteiger partial charge in [-0.25, -0.2) is 0 Å². The Kier molecular flexibility index (Phi) is 1.72. The molecule has 0 aromatic carbocycles. The first kappa shape index (κ1) is 8.42. The van der Waals surface area contributed by atoms with Gasteiger partial charge in [-0.3, -0.25) is 9.78 Å². The van der Waals surface area contributed by atoms with Gasteiger partial charge in [-0.2, -0.15) is 0 Å². The van der Waals surface area contributed by atoms with Crippen LogP contribution < -0.4 is 0 Å². The van der Waals surface area contributed by atoms with Gasteiger partial charge in [-0.1, -0.05) is 19.9 Å². The first-order valence-corrected chi connectivity index (χ1v) is 4.55. The van der Waals surface area contributed by atoms with Crippen LogP contribution in [0.25, 0.3) is 0 Å². The molecule has 1 aliphatic rings. The molecule has 1 atom stereocenters. The van der Waals surface area contributed by atoms with Crippen molar-refractivity contribution in [2.75, 3.05) is 0 Å². The van der Waals surface area contributed by atoms with Crippen LogP contribution in [0.3, 0.4) is 0 Å². The number of hydrogen-bond acceptors (Lipinski definition) is 2. The van der Waals surface area contributed by atoms with E-state index in [1.54, 1.807) is 6.20 Å². The van der Waals surface area contributed by atoms with E-state index < -0.39 is 0 Å². The Labute approximate surface area is 78.0 Å². The Morgan fingerprint density at radius 2 is 2.31 bits per heavy atom. The molecule has 0 N–H and O–H groups in total. The molecule has 1 unspecified atom stereocenters. The molecule has 2 nitrogen and oxygen atoms in total. The van der Waals surface area contributed by atoms with Gasteiger partial charge in [-0.15, -0.1) is 0 Å². The van der Waals surface area contributed by atoms with E-state index >= 15 is 0 Å². The average Bonchev–Trinajstić information content (AvgIpc) is 2.15. The molecule has 68 valence electrons. The molecule has 1 aromatic heterocycles. The highest BCUT2D eigenvalue weighted by atomic mass is 16.1. The molecule has 0 saturated heterocycles. The largest absolute Gasteiger partial charge is 0.299 e. The van der Waals surface area contributed by atoms with E-state index in [2.05, 4.69) is 4.98 Å². The molecule has 0 spiro atoms. The summed E-state index contributed by atoms with van der Waals surface area (Å²) in [7, 11) is 0. The third-order valence-electron chi connectivity index (χ3n) is 3.07. The molecule has 2 rings (SSSR count). The summed E-state index contributed by atoms with van der Waals surface area (Å²) >= 11 is 0. The molecule has 1 fully saturated rings. The second-order valence-electron chi connectivity index (χ2n) is 4.19. The number of aromatic nitrogens is 1. The van der Waals surface area contributed by atoms with Crippen molar-refractivity contribution in [3.8, 4) is 0 Å². The van der Waals surface area contributed by atoms with Gasteiger partial charge in [0.15, 0.2) is 0 Å². The maximum atomic E-state index is 11.3. The van der Waals surface area contributed by atoms with Gasteiger partial charge in [0.05, 0.1) is 0 Å². The second-order valence-corrected chi connectivity index (χ2v) is 4.19. The van der Waals surface area contributed by atoms with Gasteiger partial charge in [0.25, 0.3) is 0 Å². The zero-order chi connectivity index (χ0) is 9.47. The van der Waals surface area contributed by atoms with Gasteiger partial charge in [-0.05, 0) is 11.6 Å². The van der Waals surface area contributed by atoms with E-state index in [9.17, 15) is 4.79 Å². The van der Waals surface area contributed by atoms with Crippen molar-refractivity contribution in [1.29, 1.82) is 0 Å². The van der Waals surface area contributed by atoms with Gasteiger partial charge < -0.3 is 0 Å². The topological polar surface area (TPSA) is 30.0 Å². The Hall–Kier alpha value is -1.18. The monoisotopic (exact) mass is 175 g/mol. The van der Waals surface area contributed by atoms with Crippen LogP contribution in [0.4, 0.5) is 0 Å². The highest BCUT2D eigenvalue weighted by Crippen LogP contribution is 2.48. The summed E-state index contributed by atoms with van der Waals surface area (Å²) in [5, 5.41) is 0. The van der Waals surface area contributed by atoms with Crippen LogP contribution in [0.2, 0.25) is 0 Å². The number of pyridine rings is 1. The minimum atomic E-state index is -0.178. The summed E-state index contributed by atoms with van der Waals surface area (Å²) in [6.07, 6.45) is 4.30. The van der Waals surface area contributed by atoms with Crippen LogP contribution in [0.5, 0.6) is 0 Å². The predicted octanol–water partition coefficient (Wildman–Crippen LogP) is 2.16. The number of nitrogens with zero attached hydrogens (tertiary/aromatic N) is 1. The summed E-state index contributed by atoms with van der Waals surface area (Å²) in [6, 6.07) is 3.97. The standard InChI is InChI=1S/C11H13NO/c1-11(2)9(6-10(11)13)8-4-3-5-12-7-8/h3-5,7,9H,6H2,1-2H3. The lowest BCUT2D eigenvalue weighted by Gasteiger charge is -2.42. The average molecular weight is 175 g/mol. The number of ketones is 1. The molecule has 0 bridgehead atoms. The van der Waals surface area contributed by atoms with Crippen LogP contribution >= 0.6 is 0 Å². The maximum Gasteiger partial charge on any atom is 0.139 e. The fourth-order valence-corrected chi connectivity index (χ4v) is 1.88. The van der Waals surface area contributed by atoms with E-state index in [4.69, 9.17) is 0 Å². The number of Topliss-reactive ketones (excluding diaryl/α,β-unsaturated/α-hetero) is 1. The SMILES string of the molecule is CC1(C)C(=O)CC1c1cccnc1. The summed E-state index contributed by atoms with van der Waals surface area (Å²) in [4.78, 5) is 15.4. The molecule has 2 heteroatoms. The van der Waals surface area contributed by atoms with E-state index in [1.165, 1.54) is 5.56 Å². The van der Waals surface area contributed by atoms with E-state index in [0.717, 1.165) is 0 Å². The quantitative estimate of drug-likeness (QED) is 0.654. The number of rotatable bonds is 1. The molecule has 1 saturated carbocycles. The van der Waals surface area contributed by atoms with Gasteiger partial charge in [0.2, 0.25) is 0 Å². The molecule has 1 heterocycles. The van der Waals surface area contributed by atoms with Crippen LogP contribution in [-0.2, 0) is 4.79 Å². The Morgan fingerprint density at radius 3 is 2.77 bits per heavy atom. The normalized spacial score (nSPS) is 25.4. The second kappa shape index (κ2) is 2.66. The lowest BCUT2D eigenvalue weighted by molar-refractivity contribution is -0.137. The minimum absolute atomic E-state index is 0.178. The third-order valence-corrected chi connectivity index (χ3v) is 3.07. The molecular formula is C11H13NO. The van der Waals surface area contributed by atoms with Crippen molar-refractivity contribution in [3.63, 3.8) is 0 Å². The molecule has 13 heavy (non-hydrogen) atoms. The van der Waals surface area contributed by atoms with Crippen molar-refractivity contribution in [2.24, 2.45) is 5.41 Å². The van der Waals surface area contributed by atoms with Gasteiger partial charge in [0.1, 0.15) is 5.78 Å². The lowest BCUT2D eigenvalue weighted by Crippen LogP contribution is -2.43. The number of carbonyl (C=O) groups excluding carboxylic acids is 1. The van der Waals surface area contributed by atoms with Gasteiger partial charge in [0, 0.05) is 30.1 Å². The van der Waals surface area contributed by atoms with Gasteiger partial charge >= 0.3 is 0 Å². The molecule has 0 aliphatic heterocycles. The smallest absolute Gasteiger partial charge is 0.139 e. The zero-order valence-corrected chi connectivity index (χ0v) is 7.95. The van der Waals surface area contributed by atoms with Crippen LogP contribution in [-0.4, -0.2) is 10.8 Å². The molecule has 1 aromatic rings. The van der Waals surface area contributed by atoms with Crippen molar-refractivity contribution in [3.05, 3.63) is 30.1 Å². The summed E-state index contributed by atoms with van der Waals surface area (Å²) in [6.45, 7) is 4.02. The first-order valence-electron chi connectivity index (χ1n) is 4.55. The van der Waals surface area contributed by atoms with Crippen molar-refractivity contribution in [1.82, 2.24) is 4.98 Å². The van der Waals surface area contributed by atoms with Crippen molar-refractivity contribution < 1.29 is 4.79 Å². The third kappa shape index (κ3) is 1.17. The molecule has 1 aliphatic carbocycles. The fraction of sp³-hybridized carbons (Fsp3) is 0.455. The Bertz CT molecular complexity index is 329. The van der Waals surface area contributed by atoms with Crippen LogP contribution in [0, 0.1) is 5.41 Å². The zero-order valence-electron chi connectivity index (χ0n) is 7.95.